The van der Waals surface area contributed by atoms with Crippen molar-refractivity contribution in [3.8, 4) is 5.75 Å². The summed E-state index contributed by atoms with van der Waals surface area (Å²) in [7, 11) is 0. The van der Waals surface area contributed by atoms with Gasteiger partial charge in [-0.3, -0.25) is 14.4 Å². The molecule has 1 aliphatic heterocycles. The number of carboxylic acids is 2. The smallest absolute Gasteiger partial charge is 0.339 e. The Balaban J connectivity index is 0.00000144. The summed E-state index contributed by atoms with van der Waals surface area (Å²) in [5, 5.41) is 16.9. The van der Waals surface area contributed by atoms with Gasteiger partial charge in [-0.15, -0.1) is 0 Å². The molecule has 1 aromatic rings. The predicted octanol–water partition coefficient (Wildman–Crippen LogP) is 2.88. The van der Waals surface area contributed by atoms with Crippen molar-refractivity contribution in [1.82, 2.24) is 0 Å². The highest BCUT2D eigenvalue weighted by atomic mass is 16.7. The highest BCUT2D eigenvalue weighted by Gasteiger charge is 2.37. The minimum absolute atomic E-state index is 0. The van der Waals surface area contributed by atoms with Gasteiger partial charge in [-0.2, -0.15) is 0 Å². The first-order valence-electron chi connectivity index (χ1n) is 9.92. The number of carbonyl (C=O) groups excluding carboxylic acids is 2. The van der Waals surface area contributed by atoms with Gasteiger partial charge in [0.1, 0.15) is 17.4 Å². The number of carbonyl (C=O) groups is 4. The zero-order valence-electron chi connectivity index (χ0n) is 17.7. The maximum Gasteiger partial charge on any atom is 0.339 e. The Kier molecular flexibility index (Phi) is 11.0. The molecule has 1 heterocycles. The first-order valence-corrected chi connectivity index (χ1v) is 9.92. The van der Waals surface area contributed by atoms with E-state index in [1.54, 1.807) is 32.9 Å². The van der Waals surface area contributed by atoms with Crippen LogP contribution in [0.1, 0.15) is 58.2 Å². The summed E-state index contributed by atoms with van der Waals surface area (Å²) in [6, 6.07) is 6.17. The Morgan fingerprint density at radius 2 is 1.52 bits per heavy atom. The molecule has 0 aliphatic carbocycles. The Hall–Kier alpha value is -3.14. The lowest BCUT2D eigenvalue weighted by molar-refractivity contribution is -0.212. The molecule has 10 nitrogen and oxygen atoms in total. The number of esters is 2. The third kappa shape index (κ3) is 9.04. The Morgan fingerprint density at radius 3 is 2.03 bits per heavy atom. The molecule has 3 atom stereocenters. The minimum atomic E-state index is -1.12. The molecule has 1 fully saturated rings. The van der Waals surface area contributed by atoms with Gasteiger partial charge in [-0.1, -0.05) is 32.9 Å². The molecule has 1 aliphatic rings. The van der Waals surface area contributed by atoms with Crippen molar-refractivity contribution < 1.29 is 49.8 Å². The Bertz CT molecular complexity index is 767. The van der Waals surface area contributed by atoms with Crippen molar-refractivity contribution in [2.45, 2.75) is 65.0 Å². The fourth-order valence-corrected chi connectivity index (χ4v) is 2.43. The van der Waals surface area contributed by atoms with E-state index in [4.69, 9.17) is 24.1 Å². The zero-order chi connectivity index (χ0) is 23.4. The van der Waals surface area contributed by atoms with Crippen LogP contribution in [0.2, 0.25) is 0 Å². The molecule has 0 spiro atoms. The number of ether oxygens (including phenoxy) is 4. The summed E-state index contributed by atoms with van der Waals surface area (Å²) in [4.78, 5) is 43.9. The molecule has 0 radical (unpaired) electrons. The maximum absolute atomic E-state index is 11.7. The van der Waals surface area contributed by atoms with Crippen LogP contribution in [0.25, 0.3) is 0 Å². The van der Waals surface area contributed by atoms with Crippen molar-refractivity contribution in [2.24, 2.45) is 0 Å². The molecule has 0 bridgehead atoms. The largest absolute Gasteiger partial charge is 0.481 e. The monoisotopic (exact) mass is 442 g/mol. The predicted molar refractivity (Wildman–Crippen MR) is 109 cm³/mol. The lowest BCUT2D eigenvalue weighted by Crippen LogP contribution is -2.47. The molecule has 0 aromatic heterocycles. The summed E-state index contributed by atoms with van der Waals surface area (Å²) < 4.78 is 21.8. The highest BCUT2D eigenvalue weighted by Crippen LogP contribution is 2.26. The zero-order valence-corrected chi connectivity index (χ0v) is 17.7. The fraction of sp³-hybridized carbons (Fsp3) is 0.524. The van der Waals surface area contributed by atoms with E-state index in [0.29, 0.717) is 0 Å². The second-order valence-corrected chi connectivity index (χ2v) is 6.43. The first-order chi connectivity index (χ1) is 14.7. The van der Waals surface area contributed by atoms with Crippen LogP contribution in [0.15, 0.2) is 24.3 Å². The molecule has 174 valence electrons. The van der Waals surface area contributed by atoms with Crippen LogP contribution in [0.3, 0.4) is 0 Å². The molecule has 0 unspecified atom stereocenters. The lowest BCUT2D eigenvalue weighted by Gasteiger charge is -2.35. The van der Waals surface area contributed by atoms with Gasteiger partial charge in [-0.05, 0) is 12.1 Å². The molecule has 0 saturated carbocycles. The normalized spacial score (nSPS) is 19.9. The fourth-order valence-electron chi connectivity index (χ4n) is 2.43. The number of para-hydroxylation sites is 1. The molecular weight excluding hydrogens is 412 g/mol. The first kappa shape index (κ1) is 25.9. The summed E-state index contributed by atoms with van der Waals surface area (Å²) in [5.74, 6) is -2.58. The molecule has 10 heteroatoms. The molecule has 2 N–H and O–H groups in total. The molecule has 1 aromatic carbocycles. The summed E-state index contributed by atoms with van der Waals surface area (Å²) in [5.41, 5.74) is -0.00210. The number of carboxylic acid groups (broad SMARTS) is 2. The second kappa shape index (κ2) is 13.2. The van der Waals surface area contributed by atoms with E-state index in [9.17, 15) is 24.3 Å². The van der Waals surface area contributed by atoms with Crippen LogP contribution in [0, 0.1) is 0 Å². The number of benzene rings is 1. The third-order valence-electron chi connectivity index (χ3n) is 4.11. The van der Waals surface area contributed by atoms with Crippen molar-refractivity contribution >= 4 is 23.9 Å². The third-order valence-corrected chi connectivity index (χ3v) is 4.11. The van der Waals surface area contributed by atoms with Gasteiger partial charge in [0.15, 0.2) is 6.10 Å². The number of hydrogen-bond acceptors (Lipinski definition) is 8. The number of aromatic carboxylic acids is 1. The average molecular weight is 442 g/mol. The molecule has 31 heavy (non-hydrogen) atoms. The quantitative estimate of drug-likeness (QED) is 0.576. The topological polar surface area (TPSA) is 146 Å². The number of rotatable bonds is 8. The van der Waals surface area contributed by atoms with Crippen LogP contribution in [0.4, 0.5) is 0 Å². The van der Waals surface area contributed by atoms with E-state index < -0.39 is 42.4 Å². The van der Waals surface area contributed by atoms with Gasteiger partial charge in [0.25, 0.3) is 0 Å². The van der Waals surface area contributed by atoms with Crippen molar-refractivity contribution in [2.75, 3.05) is 6.61 Å². The van der Waals surface area contributed by atoms with E-state index in [2.05, 4.69) is 0 Å². The van der Waals surface area contributed by atoms with Crippen molar-refractivity contribution in [3.63, 3.8) is 0 Å². The number of hydrogen-bond donors (Lipinski definition) is 2. The van der Waals surface area contributed by atoms with E-state index in [1.807, 2.05) is 0 Å². The van der Waals surface area contributed by atoms with Crippen LogP contribution in [-0.2, 0) is 28.6 Å². The maximum atomic E-state index is 11.7. The summed E-state index contributed by atoms with van der Waals surface area (Å²) in [6.07, 6.45) is -1.58. The standard InChI is InChI=1S/C18H22O8.C3H6O2.H2/c1-3-15(19)24-13-9-17(23-10-14(13)25-16(20)4-2)26-12-8-6-5-7-11(12)18(21)22;1-2-3(4)5;/h5-8,13-14,17H,3-4,9-10H2,1-2H3,(H,21,22);2H2,1H3,(H,4,5);1H/t13-,14+,17+;;/m1../s1. The van der Waals surface area contributed by atoms with E-state index in [-0.39, 0.29) is 45.0 Å². The minimum Gasteiger partial charge on any atom is -0.481 e. The van der Waals surface area contributed by atoms with Crippen LogP contribution in [0.5, 0.6) is 5.75 Å². The van der Waals surface area contributed by atoms with Crippen LogP contribution in [-0.4, -0.2) is 59.2 Å². The van der Waals surface area contributed by atoms with Gasteiger partial charge in [-0.25, -0.2) is 4.79 Å². The van der Waals surface area contributed by atoms with Crippen molar-refractivity contribution in [1.29, 1.82) is 0 Å². The number of aliphatic carboxylic acids is 1. The van der Waals surface area contributed by atoms with Gasteiger partial charge < -0.3 is 29.2 Å². The molecular formula is C21H30O10. The van der Waals surface area contributed by atoms with Gasteiger partial charge in [0, 0.05) is 20.7 Å². The molecule has 1 saturated heterocycles. The van der Waals surface area contributed by atoms with E-state index in [1.165, 1.54) is 12.1 Å². The van der Waals surface area contributed by atoms with Gasteiger partial charge in [0.05, 0.1) is 13.0 Å². The van der Waals surface area contributed by atoms with E-state index in [0.717, 1.165) is 0 Å². The average Bonchev–Trinajstić information content (AvgIpc) is 2.75. The lowest BCUT2D eigenvalue weighted by atomic mass is 10.1. The Labute approximate surface area is 181 Å². The second-order valence-electron chi connectivity index (χ2n) is 6.43. The molecule has 0 amide bonds. The highest BCUT2D eigenvalue weighted by molar-refractivity contribution is 5.90. The SMILES string of the molecule is CCC(=O)O.CCC(=O)O[C@H]1CO[C@@H](Oc2ccccc2C(=O)O)C[C@H]1OC(=O)CC.[HH]. The van der Waals surface area contributed by atoms with Gasteiger partial charge in [0.2, 0.25) is 6.29 Å². The summed E-state index contributed by atoms with van der Waals surface area (Å²) >= 11 is 0. The Morgan fingerprint density at radius 1 is 0.968 bits per heavy atom. The summed E-state index contributed by atoms with van der Waals surface area (Å²) in [6.45, 7) is 4.90. The van der Waals surface area contributed by atoms with Crippen LogP contribution < -0.4 is 4.74 Å². The van der Waals surface area contributed by atoms with Crippen LogP contribution >= 0.6 is 0 Å². The van der Waals surface area contributed by atoms with Gasteiger partial charge >= 0.3 is 23.9 Å². The van der Waals surface area contributed by atoms with Crippen molar-refractivity contribution in [3.05, 3.63) is 29.8 Å². The van der Waals surface area contributed by atoms with E-state index >= 15 is 0 Å². The molecule has 2 rings (SSSR count).